The van der Waals surface area contributed by atoms with E-state index in [4.69, 9.17) is 0 Å². The molecule has 0 aliphatic heterocycles. The predicted octanol–water partition coefficient (Wildman–Crippen LogP) is 5.02. The molecule has 0 aliphatic carbocycles. The van der Waals surface area contributed by atoms with Gasteiger partial charge in [0.25, 0.3) is 0 Å². The molecule has 0 fully saturated rings. The smallest absolute Gasteiger partial charge is 0.127 e. The third-order valence-corrected chi connectivity index (χ3v) is 5.57. The minimum Gasteiger partial charge on any atom is -0.299 e. The second kappa shape index (κ2) is 7.39. The highest BCUT2D eigenvalue weighted by molar-refractivity contribution is 9.09. The maximum Gasteiger partial charge on any atom is 0.127 e. The second-order valence-electron chi connectivity index (χ2n) is 5.45. The molecule has 1 unspecified atom stereocenters. The van der Waals surface area contributed by atoms with Gasteiger partial charge in [-0.2, -0.15) is 0 Å². The summed E-state index contributed by atoms with van der Waals surface area (Å²) < 4.78 is 13.8. The lowest BCUT2D eigenvalue weighted by Gasteiger charge is -2.37. The highest BCUT2D eigenvalue weighted by Crippen LogP contribution is 2.32. The average Bonchev–Trinajstić information content (AvgIpc) is 2.44. The van der Waals surface area contributed by atoms with Crippen molar-refractivity contribution in [2.45, 2.75) is 39.7 Å². The van der Waals surface area contributed by atoms with Crippen molar-refractivity contribution in [3.8, 4) is 0 Å². The first-order valence-corrected chi connectivity index (χ1v) is 8.12. The van der Waals surface area contributed by atoms with Gasteiger partial charge in [0.05, 0.1) is 0 Å². The van der Waals surface area contributed by atoms with Crippen LogP contribution in [0.1, 0.15) is 45.2 Å². The van der Waals surface area contributed by atoms with E-state index in [0.29, 0.717) is 0 Å². The van der Waals surface area contributed by atoms with Crippen molar-refractivity contribution in [3.05, 3.63) is 35.6 Å². The molecule has 1 atom stereocenters. The Hall–Kier alpha value is -0.410. The van der Waals surface area contributed by atoms with Crippen LogP contribution in [0.3, 0.4) is 0 Å². The number of benzene rings is 1. The van der Waals surface area contributed by atoms with Crippen LogP contribution in [0.4, 0.5) is 4.39 Å². The van der Waals surface area contributed by atoms with Crippen molar-refractivity contribution >= 4 is 15.9 Å². The highest BCUT2D eigenvalue weighted by atomic mass is 79.9. The topological polar surface area (TPSA) is 3.24 Å². The van der Waals surface area contributed by atoms with Crippen LogP contribution in [0.5, 0.6) is 0 Å². The van der Waals surface area contributed by atoms with Crippen molar-refractivity contribution in [2.24, 2.45) is 5.41 Å². The molecule has 1 rings (SSSR count). The van der Waals surface area contributed by atoms with Gasteiger partial charge >= 0.3 is 0 Å². The standard InChI is InChI=1S/C16H25BrFN/c1-5-16(6-2,11-17)12-19(4)13(3)14-9-7-8-10-15(14)18/h7-10,13H,5-6,11-12H2,1-4H3. The van der Waals surface area contributed by atoms with Crippen LogP contribution in [0.2, 0.25) is 0 Å². The highest BCUT2D eigenvalue weighted by Gasteiger charge is 2.28. The average molecular weight is 330 g/mol. The van der Waals surface area contributed by atoms with E-state index in [0.717, 1.165) is 30.3 Å². The normalized spacial score (nSPS) is 13.8. The molecule has 0 N–H and O–H groups in total. The van der Waals surface area contributed by atoms with E-state index in [2.05, 4.69) is 48.6 Å². The molecule has 0 amide bonds. The van der Waals surface area contributed by atoms with Gasteiger partial charge in [-0.05, 0) is 38.3 Å². The lowest BCUT2D eigenvalue weighted by Crippen LogP contribution is -2.37. The first kappa shape index (κ1) is 16.6. The molecule has 0 spiro atoms. The van der Waals surface area contributed by atoms with E-state index in [1.54, 1.807) is 6.07 Å². The molecule has 0 saturated carbocycles. The monoisotopic (exact) mass is 329 g/mol. The minimum absolute atomic E-state index is 0.0951. The number of hydrogen-bond acceptors (Lipinski definition) is 1. The quantitative estimate of drug-likeness (QED) is 0.635. The van der Waals surface area contributed by atoms with Gasteiger partial charge < -0.3 is 0 Å². The predicted molar refractivity (Wildman–Crippen MR) is 84.3 cm³/mol. The Morgan fingerprint density at radius 1 is 1.26 bits per heavy atom. The lowest BCUT2D eigenvalue weighted by atomic mass is 9.83. The fourth-order valence-corrected chi connectivity index (χ4v) is 3.39. The summed E-state index contributed by atoms with van der Waals surface area (Å²) in [5, 5.41) is 0.987. The maximum atomic E-state index is 13.8. The Morgan fingerprint density at radius 2 is 1.84 bits per heavy atom. The van der Waals surface area contributed by atoms with Gasteiger partial charge in [0.15, 0.2) is 0 Å². The first-order chi connectivity index (χ1) is 8.99. The van der Waals surface area contributed by atoms with E-state index in [1.807, 2.05) is 12.1 Å². The van der Waals surface area contributed by atoms with Crippen molar-refractivity contribution < 1.29 is 4.39 Å². The molecule has 0 heterocycles. The zero-order valence-corrected chi connectivity index (χ0v) is 14.0. The van der Waals surface area contributed by atoms with Gasteiger partial charge in [-0.25, -0.2) is 4.39 Å². The van der Waals surface area contributed by atoms with E-state index < -0.39 is 0 Å². The maximum absolute atomic E-state index is 13.8. The molecule has 19 heavy (non-hydrogen) atoms. The van der Waals surface area contributed by atoms with Gasteiger partial charge in [-0.3, -0.25) is 4.90 Å². The van der Waals surface area contributed by atoms with Crippen LogP contribution in [0.15, 0.2) is 24.3 Å². The molecule has 108 valence electrons. The number of halogens is 2. The minimum atomic E-state index is -0.112. The van der Waals surface area contributed by atoms with E-state index in [9.17, 15) is 4.39 Å². The summed E-state index contributed by atoms with van der Waals surface area (Å²) in [5.41, 5.74) is 1.05. The van der Waals surface area contributed by atoms with Crippen molar-refractivity contribution in [3.63, 3.8) is 0 Å². The summed E-state index contributed by atoms with van der Waals surface area (Å²) in [6.07, 6.45) is 2.26. The van der Waals surface area contributed by atoms with Crippen molar-refractivity contribution in [2.75, 3.05) is 18.9 Å². The molecular formula is C16H25BrFN. The summed E-state index contributed by atoms with van der Waals surface area (Å²) in [6, 6.07) is 7.16. The molecule has 3 heteroatoms. The Labute approximate surface area is 125 Å². The van der Waals surface area contributed by atoms with Gasteiger partial charge in [-0.1, -0.05) is 48.0 Å². The van der Waals surface area contributed by atoms with Crippen molar-refractivity contribution in [1.29, 1.82) is 0 Å². The SMILES string of the molecule is CCC(CC)(CBr)CN(C)C(C)c1ccccc1F. The van der Waals surface area contributed by atoms with Gasteiger partial charge in [0.1, 0.15) is 5.82 Å². The van der Waals surface area contributed by atoms with Crippen molar-refractivity contribution in [1.82, 2.24) is 4.90 Å². The number of hydrogen-bond donors (Lipinski definition) is 0. The Morgan fingerprint density at radius 3 is 2.32 bits per heavy atom. The summed E-state index contributed by atoms with van der Waals surface area (Å²) >= 11 is 3.64. The van der Waals surface area contributed by atoms with Crippen LogP contribution in [0.25, 0.3) is 0 Å². The molecule has 0 radical (unpaired) electrons. The second-order valence-corrected chi connectivity index (χ2v) is 6.01. The number of nitrogens with zero attached hydrogens (tertiary/aromatic N) is 1. The third-order valence-electron chi connectivity index (χ3n) is 4.38. The van der Waals surface area contributed by atoms with E-state index >= 15 is 0 Å². The Kier molecular flexibility index (Phi) is 6.48. The Bertz CT molecular complexity index is 382. The van der Waals surface area contributed by atoms with Gasteiger partial charge in [0.2, 0.25) is 0 Å². The zero-order valence-electron chi connectivity index (χ0n) is 12.4. The summed E-state index contributed by atoms with van der Waals surface area (Å²) in [7, 11) is 2.08. The Balaban J connectivity index is 2.83. The van der Waals surface area contributed by atoms with Crippen LogP contribution >= 0.6 is 15.9 Å². The third kappa shape index (κ3) is 4.03. The molecule has 1 aromatic rings. The lowest BCUT2D eigenvalue weighted by molar-refractivity contribution is 0.149. The van der Waals surface area contributed by atoms with Crippen LogP contribution in [0, 0.1) is 11.2 Å². The van der Waals surface area contributed by atoms with Gasteiger partial charge in [-0.15, -0.1) is 0 Å². The molecule has 0 aliphatic rings. The summed E-state index contributed by atoms with van der Waals surface area (Å²) in [6.45, 7) is 7.50. The number of rotatable bonds is 7. The summed E-state index contributed by atoms with van der Waals surface area (Å²) in [5.74, 6) is -0.112. The van der Waals surface area contributed by atoms with E-state index in [-0.39, 0.29) is 17.3 Å². The summed E-state index contributed by atoms with van der Waals surface area (Å²) in [4.78, 5) is 2.26. The molecule has 1 aromatic carbocycles. The van der Waals surface area contributed by atoms with Gasteiger partial charge in [0, 0.05) is 23.5 Å². The molecule has 1 nitrogen and oxygen atoms in total. The fourth-order valence-electron chi connectivity index (χ4n) is 2.42. The molecule has 0 aromatic heterocycles. The largest absolute Gasteiger partial charge is 0.299 e. The van der Waals surface area contributed by atoms with Crippen LogP contribution in [-0.2, 0) is 0 Å². The molecule has 0 saturated heterocycles. The first-order valence-electron chi connectivity index (χ1n) is 7.00. The van der Waals surface area contributed by atoms with E-state index in [1.165, 1.54) is 6.07 Å². The molecule has 0 bridgehead atoms. The molecular weight excluding hydrogens is 305 g/mol. The fraction of sp³-hybridized carbons (Fsp3) is 0.625. The zero-order chi connectivity index (χ0) is 14.5. The van der Waals surface area contributed by atoms with Crippen LogP contribution < -0.4 is 0 Å². The van der Waals surface area contributed by atoms with Crippen LogP contribution in [-0.4, -0.2) is 23.8 Å². The number of alkyl halides is 1.